The number of nitrogens with zero attached hydrogens (tertiary/aromatic N) is 3. The molecule has 1 atom stereocenters. The smallest absolute Gasteiger partial charge is 0.243 e. The standard InChI is InChI=1S/C15H28N4O3S/c1-4-13(5-2)15(19-6-8-22-9-7-19)11-17-23(20,21)14-10-16-18(3)12-14/h10,12-13,15,17H,4-9,11H2,1-3H3/t15-/m1/s1. The normalized spacial score (nSPS) is 18.4. The summed E-state index contributed by atoms with van der Waals surface area (Å²) < 4.78 is 34.5. The molecular weight excluding hydrogens is 316 g/mol. The van der Waals surface area contributed by atoms with E-state index in [-0.39, 0.29) is 10.9 Å². The fraction of sp³-hybridized carbons (Fsp3) is 0.800. The first-order valence-corrected chi connectivity index (χ1v) is 9.76. The Balaban J connectivity index is 2.07. The highest BCUT2D eigenvalue weighted by Gasteiger charge is 2.28. The van der Waals surface area contributed by atoms with Crippen LogP contribution >= 0.6 is 0 Å². The first-order valence-electron chi connectivity index (χ1n) is 8.28. The van der Waals surface area contributed by atoms with Crippen LogP contribution in [0.15, 0.2) is 17.3 Å². The van der Waals surface area contributed by atoms with Crippen LogP contribution in [0, 0.1) is 5.92 Å². The molecule has 0 aliphatic carbocycles. The fourth-order valence-electron chi connectivity index (χ4n) is 3.15. The number of nitrogens with one attached hydrogen (secondary N) is 1. The summed E-state index contributed by atoms with van der Waals surface area (Å²) in [5.41, 5.74) is 0. The molecule has 0 radical (unpaired) electrons. The quantitative estimate of drug-likeness (QED) is 0.756. The lowest BCUT2D eigenvalue weighted by atomic mass is 9.92. The number of ether oxygens (including phenoxy) is 1. The van der Waals surface area contributed by atoms with Gasteiger partial charge in [-0.15, -0.1) is 0 Å². The van der Waals surface area contributed by atoms with Gasteiger partial charge < -0.3 is 4.74 Å². The molecule has 2 heterocycles. The van der Waals surface area contributed by atoms with Gasteiger partial charge in [0.05, 0.1) is 19.4 Å². The Hall–Kier alpha value is -0.960. The number of hydrogen-bond donors (Lipinski definition) is 1. The van der Waals surface area contributed by atoms with Crippen LogP contribution in [0.4, 0.5) is 0 Å². The van der Waals surface area contributed by atoms with Gasteiger partial charge in [0.15, 0.2) is 0 Å². The number of rotatable bonds is 8. The monoisotopic (exact) mass is 344 g/mol. The Bertz CT molecular complexity index is 577. The number of morpholine rings is 1. The lowest BCUT2D eigenvalue weighted by Crippen LogP contribution is -2.52. The van der Waals surface area contributed by atoms with E-state index in [2.05, 4.69) is 28.6 Å². The fourth-order valence-corrected chi connectivity index (χ4v) is 4.19. The Kier molecular flexibility index (Phi) is 6.58. The van der Waals surface area contributed by atoms with E-state index in [1.165, 1.54) is 17.1 Å². The molecule has 2 rings (SSSR count). The van der Waals surface area contributed by atoms with Gasteiger partial charge in [-0.05, 0) is 5.92 Å². The molecule has 1 fully saturated rings. The Morgan fingerprint density at radius 1 is 1.30 bits per heavy atom. The molecule has 0 amide bonds. The molecule has 0 aromatic carbocycles. The van der Waals surface area contributed by atoms with Crippen molar-refractivity contribution in [1.29, 1.82) is 0 Å². The summed E-state index contributed by atoms with van der Waals surface area (Å²) >= 11 is 0. The van der Waals surface area contributed by atoms with E-state index in [9.17, 15) is 8.42 Å². The third-order valence-corrected chi connectivity index (χ3v) is 5.96. The predicted octanol–water partition coefficient (Wildman–Crippen LogP) is 0.835. The van der Waals surface area contributed by atoms with Crippen LogP contribution in [0.25, 0.3) is 0 Å². The minimum atomic E-state index is -3.51. The highest BCUT2D eigenvalue weighted by molar-refractivity contribution is 7.89. The molecule has 0 unspecified atom stereocenters. The summed E-state index contributed by atoms with van der Waals surface area (Å²) in [6, 6.07) is 0.195. The second-order valence-corrected chi connectivity index (χ2v) is 7.76. The second kappa shape index (κ2) is 8.23. The molecule has 0 bridgehead atoms. The summed E-state index contributed by atoms with van der Waals surface area (Å²) in [4.78, 5) is 2.57. The first-order chi connectivity index (χ1) is 11.0. The molecule has 8 heteroatoms. The zero-order valence-electron chi connectivity index (χ0n) is 14.2. The second-order valence-electron chi connectivity index (χ2n) is 5.99. The van der Waals surface area contributed by atoms with E-state index in [4.69, 9.17) is 4.74 Å². The SMILES string of the molecule is CCC(CC)[C@@H](CNS(=O)(=O)c1cnn(C)c1)N1CCOCC1. The number of hydrogen-bond acceptors (Lipinski definition) is 5. The predicted molar refractivity (Wildman–Crippen MR) is 88.6 cm³/mol. The van der Waals surface area contributed by atoms with Gasteiger partial charge in [0, 0.05) is 38.9 Å². The summed E-state index contributed by atoms with van der Waals surface area (Å²) in [6.07, 6.45) is 4.96. The average Bonchev–Trinajstić information content (AvgIpc) is 2.99. The molecule has 7 nitrogen and oxygen atoms in total. The van der Waals surface area contributed by atoms with Gasteiger partial charge >= 0.3 is 0 Å². The van der Waals surface area contributed by atoms with Gasteiger partial charge in [-0.3, -0.25) is 9.58 Å². The highest BCUT2D eigenvalue weighted by atomic mass is 32.2. The molecule has 23 heavy (non-hydrogen) atoms. The Morgan fingerprint density at radius 3 is 2.48 bits per heavy atom. The summed E-state index contributed by atoms with van der Waals surface area (Å²) in [5, 5.41) is 3.94. The Labute approximate surface area is 139 Å². The molecule has 1 aromatic rings. The molecule has 1 saturated heterocycles. The van der Waals surface area contributed by atoms with Crippen LogP contribution in [0.3, 0.4) is 0 Å². The topological polar surface area (TPSA) is 76.5 Å². The molecule has 0 spiro atoms. The molecular formula is C15H28N4O3S. The minimum Gasteiger partial charge on any atom is -0.379 e. The Morgan fingerprint density at radius 2 is 1.96 bits per heavy atom. The van der Waals surface area contributed by atoms with Crippen LogP contribution in [0.5, 0.6) is 0 Å². The third kappa shape index (κ3) is 4.76. The van der Waals surface area contributed by atoms with Gasteiger partial charge in [0.2, 0.25) is 10.0 Å². The van der Waals surface area contributed by atoms with Gasteiger partial charge in [-0.25, -0.2) is 13.1 Å². The van der Waals surface area contributed by atoms with Crippen LogP contribution in [0.2, 0.25) is 0 Å². The van der Waals surface area contributed by atoms with Crippen LogP contribution in [-0.2, 0) is 21.8 Å². The van der Waals surface area contributed by atoms with E-state index >= 15 is 0 Å². The van der Waals surface area contributed by atoms with Crippen molar-refractivity contribution in [3.8, 4) is 0 Å². The summed E-state index contributed by atoms with van der Waals surface area (Å²) in [6.45, 7) is 7.89. The number of aryl methyl sites for hydroxylation is 1. The molecule has 1 aromatic heterocycles. The van der Waals surface area contributed by atoms with E-state index in [0.29, 0.717) is 25.7 Å². The zero-order chi connectivity index (χ0) is 16.9. The van der Waals surface area contributed by atoms with E-state index < -0.39 is 10.0 Å². The van der Waals surface area contributed by atoms with Crippen molar-refractivity contribution in [3.05, 3.63) is 12.4 Å². The van der Waals surface area contributed by atoms with Crippen molar-refractivity contribution in [2.45, 2.75) is 37.6 Å². The summed E-state index contributed by atoms with van der Waals surface area (Å²) in [5.74, 6) is 0.463. The number of sulfonamides is 1. The molecule has 132 valence electrons. The van der Waals surface area contributed by atoms with Crippen molar-refractivity contribution in [1.82, 2.24) is 19.4 Å². The van der Waals surface area contributed by atoms with E-state index in [0.717, 1.165) is 25.9 Å². The highest BCUT2D eigenvalue weighted by Crippen LogP contribution is 2.20. The molecule has 0 saturated carbocycles. The van der Waals surface area contributed by atoms with Gasteiger partial charge in [-0.2, -0.15) is 5.10 Å². The van der Waals surface area contributed by atoms with E-state index in [1.54, 1.807) is 7.05 Å². The largest absolute Gasteiger partial charge is 0.379 e. The minimum absolute atomic E-state index is 0.195. The number of aromatic nitrogens is 2. The maximum absolute atomic E-state index is 12.4. The maximum atomic E-state index is 12.4. The van der Waals surface area contributed by atoms with E-state index in [1.807, 2.05) is 0 Å². The van der Waals surface area contributed by atoms with Gasteiger partial charge in [0.1, 0.15) is 4.90 Å². The lowest BCUT2D eigenvalue weighted by molar-refractivity contribution is 0.00297. The van der Waals surface area contributed by atoms with Crippen molar-refractivity contribution in [2.75, 3.05) is 32.8 Å². The van der Waals surface area contributed by atoms with Crippen molar-refractivity contribution >= 4 is 10.0 Å². The van der Waals surface area contributed by atoms with Crippen LogP contribution in [-0.4, -0.2) is 62.0 Å². The molecule has 1 N–H and O–H groups in total. The molecule has 1 aliphatic rings. The van der Waals surface area contributed by atoms with Gasteiger partial charge in [-0.1, -0.05) is 26.7 Å². The van der Waals surface area contributed by atoms with Crippen molar-refractivity contribution in [2.24, 2.45) is 13.0 Å². The molecule has 1 aliphatic heterocycles. The zero-order valence-corrected chi connectivity index (χ0v) is 15.1. The lowest BCUT2D eigenvalue weighted by Gasteiger charge is -2.38. The average molecular weight is 344 g/mol. The maximum Gasteiger partial charge on any atom is 0.243 e. The van der Waals surface area contributed by atoms with Crippen LogP contribution in [0.1, 0.15) is 26.7 Å². The first kappa shape index (κ1) is 18.4. The third-order valence-electron chi connectivity index (χ3n) is 4.58. The van der Waals surface area contributed by atoms with Crippen molar-refractivity contribution in [3.63, 3.8) is 0 Å². The van der Waals surface area contributed by atoms with Crippen molar-refractivity contribution < 1.29 is 13.2 Å². The summed E-state index contributed by atoms with van der Waals surface area (Å²) in [7, 11) is -1.81. The van der Waals surface area contributed by atoms with Gasteiger partial charge in [0.25, 0.3) is 0 Å². The van der Waals surface area contributed by atoms with Crippen LogP contribution < -0.4 is 4.72 Å².